The molecule has 1 aliphatic heterocycles. The van der Waals surface area contributed by atoms with Gasteiger partial charge in [-0.05, 0) is 43.9 Å². The summed E-state index contributed by atoms with van der Waals surface area (Å²) in [6.45, 7) is 0. The van der Waals surface area contributed by atoms with Gasteiger partial charge in [-0.25, -0.2) is 5.01 Å². The number of hydrazine groups is 1. The maximum absolute atomic E-state index is 12.8. The lowest BCUT2D eigenvalue weighted by atomic mass is 9.99. The molecule has 1 fully saturated rings. The summed E-state index contributed by atoms with van der Waals surface area (Å²) in [6, 6.07) is 7.12. The summed E-state index contributed by atoms with van der Waals surface area (Å²) in [7, 11) is 0. The van der Waals surface area contributed by atoms with Crippen LogP contribution in [0.5, 0.6) is 0 Å². The Morgan fingerprint density at radius 3 is 2.61 bits per heavy atom. The second kappa shape index (κ2) is 5.75. The number of carboxylic acid groups (broad SMARTS) is 1. The van der Waals surface area contributed by atoms with E-state index in [9.17, 15) is 19.5 Å². The second-order valence-electron chi connectivity index (χ2n) is 5.68. The Kier molecular flexibility index (Phi) is 3.77. The van der Waals surface area contributed by atoms with Gasteiger partial charge in [0.05, 0.1) is 11.5 Å². The van der Waals surface area contributed by atoms with Crippen LogP contribution >= 0.6 is 0 Å². The van der Waals surface area contributed by atoms with Gasteiger partial charge in [-0.1, -0.05) is 12.1 Å². The molecule has 7 nitrogen and oxygen atoms in total. The molecule has 7 heteroatoms. The van der Waals surface area contributed by atoms with Crippen LogP contribution in [0.25, 0.3) is 0 Å². The minimum absolute atomic E-state index is 0.309. The third kappa shape index (κ3) is 2.77. The zero-order valence-corrected chi connectivity index (χ0v) is 12.4. The first kappa shape index (κ1) is 15.1. The van der Waals surface area contributed by atoms with Gasteiger partial charge in [0, 0.05) is 11.8 Å². The molecule has 120 valence electrons. The molecular formula is C16H16N3O4-. The van der Waals surface area contributed by atoms with Crippen LogP contribution < -0.4 is 15.8 Å². The lowest BCUT2D eigenvalue weighted by molar-refractivity contribution is -0.297. The average Bonchev–Trinajstić information content (AvgIpc) is 2.98. The molecule has 1 spiro atoms. The maximum atomic E-state index is 12.8. The highest BCUT2D eigenvalue weighted by atomic mass is 16.4. The van der Waals surface area contributed by atoms with E-state index < -0.39 is 17.5 Å². The van der Waals surface area contributed by atoms with E-state index in [1.165, 1.54) is 5.01 Å². The molecule has 1 aromatic carbocycles. The first-order chi connectivity index (χ1) is 11.0. The van der Waals surface area contributed by atoms with E-state index >= 15 is 0 Å². The largest absolute Gasteiger partial charge is 0.545 e. The number of benzene rings is 1. The van der Waals surface area contributed by atoms with Crippen molar-refractivity contribution >= 4 is 23.5 Å². The molecule has 0 aromatic heterocycles. The van der Waals surface area contributed by atoms with E-state index in [1.807, 2.05) is 12.1 Å². The number of carboxylic acids is 1. The van der Waals surface area contributed by atoms with Crippen LogP contribution in [0.4, 0.5) is 5.69 Å². The molecule has 1 aromatic rings. The monoisotopic (exact) mass is 314 g/mol. The number of carbonyl (C=O) groups excluding carboxylic acids is 3. The topological polar surface area (TPSA) is 102 Å². The lowest BCUT2D eigenvalue weighted by Crippen LogP contribution is -2.64. The third-order valence-corrected chi connectivity index (χ3v) is 4.18. The number of nitrogens with zero attached hydrogens (tertiary/aromatic N) is 1. The second-order valence-corrected chi connectivity index (χ2v) is 5.68. The molecule has 0 radical (unpaired) electrons. The highest BCUT2D eigenvalue weighted by Gasteiger charge is 2.47. The van der Waals surface area contributed by atoms with Gasteiger partial charge in [0.15, 0.2) is 0 Å². The predicted molar refractivity (Wildman–Crippen MR) is 79.7 cm³/mol. The van der Waals surface area contributed by atoms with Crippen molar-refractivity contribution in [2.75, 3.05) is 5.32 Å². The van der Waals surface area contributed by atoms with Gasteiger partial charge in [-0.15, -0.1) is 0 Å². The van der Waals surface area contributed by atoms with Crippen molar-refractivity contribution in [1.29, 1.82) is 0 Å². The Morgan fingerprint density at radius 2 is 1.91 bits per heavy atom. The molecule has 0 atom stereocenters. The van der Waals surface area contributed by atoms with Crippen LogP contribution in [0.3, 0.4) is 0 Å². The minimum atomic E-state index is -1.47. The molecule has 1 saturated carbocycles. The molecule has 2 amide bonds. The molecule has 1 aliphatic carbocycles. The molecule has 2 aliphatic rings. The van der Waals surface area contributed by atoms with Gasteiger partial charge >= 0.3 is 0 Å². The Hall–Kier alpha value is -2.83. The minimum Gasteiger partial charge on any atom is -0.545 e. The smallest absolute Gasteiger partial charge is 0.276 e. The number of hydrogen-bond acceptors (Lipinski definition) is 5. The van der Waals surface area contributed by atoms with Crippen LogP contribution in [-0.4, -0.2) is 28.5 Å². The van der Waals surface area contributed by atoms with E-state index in [0.29, 0.717) is 24.5 Å². The zero-order valence-electron chi connectivity index (χ0n) is 12.4. The van der Waals surface area contributed by atoms with Crippen molar-refractivity contribution in [3.63, 3.8) is 0 Å². The van der Waals surface area contributed by atoms with Gasteiger partial charge in [0.25, 0.3) is 11.8 Å². The number of aliphatic carboxylic acids is 1. The Labute approximate surface area is 132 Å². The number of fused-ring (bicyclic) bond motifs is 1. The van der Waals surface area contributed by atoms with Gasteiger partial charge in [0.2, 0.25) is 0 Å². The molecule has 2 N–H and O–H groups in total. The fourth-order valence-electron chi connectivity index (χ4n) is 3.16. The molecule has 3 rings (SSSR count). The van der Waals surface area contributed by atoms with E-state index in [1.54, 1.807) is 12.1 Å². The van der Waals surface area contributed by atoms with Gasteiger partial charge in [-0.2, -0.15) is 0 Å². The van der Waals surface area contributed by atoms with E-state index in [0.717, 1.165) is 24.6 Å². The molecule has 0 bridgehead atoms. The highest BCUT2D eigenvalue weighted by molar-refractivity contribution is 6.04. The molecule has 0 unspecified atom stereocenters. The first-order valence-electron chi connectivity index (χ1n) is 7.43. The lowest BCUT2D eigenvalue weighted by Gasteiger charge is -2.45. The molecule has 0 saturated heterocycles. The average molecular weight is 314 g/mol. The summed E-state index contributed by atoms with van der Waals surface area (Å²) in [6.07, 6.45) is 4.75. The van der Waals surface area contributed by atoms with Crippen LogP contribution in [0.15, 0.2) is 36.4 Å². The number of amides is 2. The van der Waals surface area contributed by atoms with Crippen LogP contribution in [0.1, 0.15) is 36.0 Å². The molecule has 1 heterocycles. The number of hydrogen-bond donors (Lipinski definition) is 2. The quantitative estimate of drug-likeness (QED) is 0.774. The predicted octanol–water partition coefficient (Wildman–Crippen LogP) is 0.162. The Balaban J connectivity index is 1.91. The number of nitrogens with one attached hydrogen (secondary N) is 2. The molecule has 23 heavy (non-hydrogen) atoms. The zero-order chi connectivity index (χ0) is 16.4. The van der Waals surface area contributed by atoms with Crippen molar-refractivity contribution < 1.29 is 19.5 Å². The standard InChI is InChI=1S/C16H17N3O4/c20-13(7-8-14(21)22)18-19-15(23)11-5-1-2-6-12(11)17-16(19)9-3-4-10-16/h1-2,5-8,17H,3-4,9-10H2,(H,18,20)(H,21,22)/p-1/b8-7+. The summed E-state index contributed by atoms with van der Waals surface area (Å²) in [5.74, 6) is -2.46. The van der Waals surface area contributed by atoms with Crippen molar-refractivity contribution in [1.82, 2.24) is 10.4 Å². The van der Waals surface area contributed by atoms with Crippen molar-refractivity contribution in [3.8, 4) is 0 Å². The maximum Gasteiger partial charge on any atom is 0.276 e. The van der Waals surface area contributed by atoms with Gasteiger partial charge < -0.3 is 15.2 Å². The SMILES string of the molecule is O=C([O-])/C=C/C(=O)NN1C(=O)c2ccccc2NC12CCCC2. The van der Waals surface area contributed by atoms with E-state index in [-0.39, 0.29) is 5.91 Å². The number of rotatable bonds is 3. The number of para-hydroxylation sites is 1. The van der Waals surface area contributed by atoms with E-state index in [4.69, 9.17) is 0 Å². The van der Waals surface area contributed by atoms with Crippen molar-refractivity contribution in [2.45, 2.75) is 31.3 Å². The Morgan fingerprint density at radius 1 is 1.22 bits per heavy atom. The van der Waals surface area contributed by atoms with Crippen molar-refractivity contribution in [3.05, 3.63) is 42.0 Å². The normalized spacial score (nSPS) is 18.8. The number of carbonyl (C=O) groups is 3. The fourth-order valence-corrected chi connectivity index (χ4v) is 3.16. The number of anilines is 1. The van der Waals surface area contributed by atoms with Crippen LogP contribution in [0, 0.1) is 0 Å². The summed E-state index contributed by atoms with van der Waals surface area (Å²) in [4.78, 5) is 35.1. The van der Waals surface area contributed by atoms with Crippen molar-refractivity contribution in [2.24, 2.45) is 0 Å². The van der Waals surface area contributed by atoms with Gasteiger partial charge in [0.1, 0.15) is 5.66 Å². The van der Waals surface area contributed by atoms with Crippen LogP contribution in [0.2, 0.25) is 0 Å². The third-order valence-electron chi connectivity index (χ3n) is 4.18. The molecular weight excluding hydrogens is 298 g/mol. The highest BCUT2D eigenvalue weighted by Crippen LogP contribution is 2.40. The van der Waals surface area contributed by atoms with E-state index in [2.05, 4.69) is 10.7 Å². The fraction of sp³-hybridized carbons (Fsp3) is 0.312. The summed E-state index contributed by atoms with van der Waals surface area (Å²) in [5.41, 5.74) is 3.04. The first-order valence-corrected chi connectivity index (χ1v) is 7.43. The summed E-state index contributed by atoms with van der Waals surface area (Å²) >= 11 is 0. The summed E-state index contributed by atoms with van der Waals surface area (Å²) < 4.78 is 0. The Bertz CT molecular complexity index is 692. The van der Waals surface area contributed by atoms with Gasteiger partial charge in [-0.3, -0.25) is 15.0 Å². The van der Waals surface area contributed by atoms with Crippen LogP contribution in [-0.2, 0) is 9.59 Å². The summed E-state index contributed by atoms with van der Waals surface area (Å²) in [5, 5.41) is 15.1.